The van der Waals surface area contributed by atoms with Gasteiger partial charge in [0.25, 0.3) is 0 Å². The van der Waals surface area contributed by atoms with Crippen molar-refractivity contribution in [1.82, 2.24) is 9.97 Å². The molecule has 0 radical (unpaired) electrons. The van der Waals surface area contributed by atoms with E-state index in [2.05, 4.69) is 10.3 Å². The van der Waals surface area contributed by atoms with E-state index in [1.165, 1.54) is 12.1 Å². The highest BCUT2D eigenvalue weighted by Gasteiger charge is 2.25. The number of pyridine rings is 2. The molecule has 6 nitrogen and oxygen atoms in total. The molecule has 4 N–H and O–H groups in total. The molecule has 2 aromatic heterocycles. The van der Waals surface area contributed by atoms with Crippen molar-refractivity contribution in [3.05, 3.63) is 114 Å². The zero-order valence-electron chi connectivity index (χ0n) is 17.7. The number of aromatic nitrogens is 2. The first kappa shape index (κ1) is 22.1. The number of nitrogens with zero attached hydrogens (tertiary/aromatic N) is 2. The number of nitrogens with one attached hydrogen (secondary N) is 1. The summed E-state index contributed by atoms with van der Waals surface area (Å²) in [5.74, 6) is -1.36. The van der Waals surface area contributed by atoms with Crippen LogP contribution in [0, 0.1) is 5.82 Å². The number of carbonyl (C=O) groups excluding carboxylic acids is 1. The number of aliphatic hydroxyl groups excluding tert-OH is 1. The van der Waals surface area contributed by atoms with Gasteiger partial charge < -0.3 is 16.2 Å². The maximum absolute atomic E-state index is 13.6. The van der Waals surface area contributed by atoms with Gasteiger partial charge in [0.1, 0.15) is 11.6 Å². The van der Waals surface area contributed by atoms with E-state index in [4.69, 9.17) is 10.7 Å². The van der Waals surface area contributed by atoms with Crippen LogP contribution in [0.1, 0.15) is 28.7 Å². The van der Waals surface area contributed by atoms with Crippen LogP contribution >= 0.6 is 0 Å². The number of nitrogens with two attached hydrogens (primary N) is 1. The fourth-order valence-corrected chi connectivity index (χ4v) is 3.68. The molecule has 2 atom stereocenters. The number of anilines is 1. The Bertz CT molecular complexity index is 1240. The van der Waals surface area contributed by atoms with Crippen molar-refractivity contribution in [2.45, 2.75) is 12.0 Å². The van der Waals surface area contributed by atoms with Gasteiger partial charge in [-0.25, -0.2) is 9.37 Å². The van der Waals surface area contributed by atoms with Crippen LogP contribution in [0.25, 0.3) is 11.3 Å². The second-order valence-corrected chi connectivity index (χ2v) is 7.57. The number of halogens is 1. The number of amides is 1. The smallest absolute Gasteiger partial charge is 0.229 e. The predicted octanol–water partition coefficient (Wildman–Crippen LogP) is 4.05. The highest BCUT2D eigenvalue weighted by Crippen LogP contribution is 2.32. The SMILES string of the molecule is NC(=O)C(c1cccnc1)c1ccc(-c2ccccc2)nc1NCC(O)c1cccc(F)c1. The Hall–Kier alpha value is -4.10. The van der Waals surface area contributed by atoms with E-state index >= 15 is 0 Å². The molecule has 0 aliphatic heterocycles. The molecule has 2 heterocycles. The van der Waals surface area contributed by atoms with Gasteiger partial charge in [0.2, 0.25) is 5.91 Å². The van der Waals surface area contributed by atoms with E-state index < -0.39 is 23.7 Å². The van der Waals surface area contributed by atoms with Crippen molar-refractivity contribution >= 4 is 11.7 Å². The van der Waals surface area contributed by atoms with Crippen molar-refractivity contribution in [2.75, 3.05) is 11.9 Å². The molecule has 0 spiro atoms. The number of primary amides is 1. The van der Waals surface area contributed by atoms with Crippen LogP contribution in [-0.4, -0.2) is 27.5 Å². The molecule has 0 fully saturated rings. The third-order valence-electron chi connectivity index (χ3n) is 5.31. The third-order valence-corrected chi connectivity index (χ3v) is 5.31. The number of aliphatic hydroxyl groups is 1. The molecule has 0 saturated carbocycles. The van der Waals surface area contributed by atoms with Crippen LogP contribution in [0.2, 0.25) is 0 Å². The van der Waals surface area contributed by atoms with Crippen molar-refractivity contribution in [2.24, 2.45) is 5.73 Å². The summed E-state index contributed by atoms with van der Waals surface area (Å²) in [6.07, 6.45) is 2.22. The Labute approximate surface area is 191 Å². The molecule has 4 rings (SSSR count). The van der Waals surface area contributed by atoms with E-state index in [0.717, 1.165) is 5.56 Å². The summed E-state index contributed by atoms with van der Waals surface area (Å²) in [5.41, 5.74) is 8.98. The molecule has 0 aliphatic rings. The molecule has 0 saturated heterocycles. The summed E-state index contributed by atoms with van der Waals surface area (Å²) >= 11 is 0. The zero-order valence-corrected chi connectivity index (χ0v) is 17.7. The van der Waals surface area contributed by atoms with Gasteiger partial charge in [0, 0.05) is 30.1 Å². The molecule has 2 aromatic carbocycles. The molecule has 1 amide bonds. The van der Waals surface area contributed by atoms with Crippen LogP contribution in [0.5, 0.6) is 0 Å². The summed E-state index contributed by atoms with van der Waals surface area (Å²) in [6, 6.07) is 22.5. The molecule has 4 aromatic rings. The van der Waals surface area contributed by atoms with E-state index in [-0.39, 0.29) is 6.54 Å². The average Bonchev–Trinajstić information content (AvgIpc) is 2.84. The molecule has 7 heteroatoms. The maximum Gasteiger partial charge on any atom is 0.229 e. The third kappa shape index (κ3) is 5.22. The Morgan fingerprint density at radius 2 is 1.79 bits per heavy atom. The van der Waals surface area contributed by atoms with Gasteiger partial charge in [-0.1, -0.05) is 54.6 Å². The van der Waals surface area contributed by atoms with Gasteiger partial charge in [-0.15, -0.1) is 0 Å². The molecule has 0 aliphatic carbocycles. The predicted molar refractivity (Wildman–Crippen MR) is 125 cm³/mol. The van der Waals surface area contributed by atoms with Crippen molar-refractivity contribution in [3.8, 4) is 11.3 Å². The van der Waals surface area contributed by atoms with Crippen molar-refractivity contribution in [1.29, 1.82) is 0 Å². The molecular weight excluding hydrogens is 419 g/mol. The highest BCUT2D eigenvalue weighted by atomic mass is 19.1. The minimum atomic E-state index is -0.985. The Kier molecular flexibility index (Phi) is 6.71. The van der Waals surface area contributed by atoms with Crippen molar-refractivity contribution in [3.63, 3.8) is 0 Å². The lowest BCUT2D eigenvalue weighted by Gasteiger charge is -2.20. The lowest BCUT2D eigenvalue weighted by Crippen LogP contribution is -2.24. The maximum atomic E-state index is 13.6. The minimum absolute atomic E-state index is 0.0558. The van der Waals surface area contributed by atoms with Crippen LogP contribution < -0.4 is 11.1 Å². The average molecular weight is 442 g/mol. The number of hydrogen-bond acceptors (Lipinski definition) is 5. The monoisotopic (exact) mass is 442 g/mol. The molecule has 33 heavy (non-hydrogen) atoms. The fourth-order valence-electron chi connectivity index (χ4n) is 3.68. The quantitative estimate of drug-likeness (QED) is 0.382. The lowest BCUT2D eigenvalue weighted by molar-refractivity contribution is -0.118. The number of carbonyl (C=O) groups is 1. The first-order valence-electron chi connectivity index (χ1n) is 10.5. The van der Waals surface area contributed by atoms with Crippen LogP contribution in [0.4, 0.5) is 10.2 Å². The van der Waals surface area contributed by atoms with E-state index in [1.807, 2.05) is 36.4 Å². The standard InChI is InChI=1S/C26H23FN4O2/c27-20-10-4-8-18(14-20)23(32)16-30-26-21(24(25(28)33)19-9-5-13-29-15-19)11-12-22(31-26)17-6-2-1-3-7-17/h1-15,23-24,32H,16H2,(H2,28,33)(H,30,31). The van der Waals surface area contributed by atoms with Crippen LogP contribution in [0.3, 0.4) is 0 Å². The van der Waals surface area contributed by atoms with Gasteiger partial charge in [-0.3, -0.25) is 9.78 Å². The van der Waals surface area contributed by atoms with Crippen molar-refractivity contribution < 1.29 is 14.3 Å². The van der Waals surface area contributed by atoms with Gasteiger partial charge in [0.05, 0.1) is 17.7 Å². The summed E-state index contributed by atoms with van der Waals surface area (Å²) < 4.78 is 13.6. The largest absolute Gasteiger partial charge is 0.387 e. The molecule has 2 unspecified atom stereocenters. The lowest BCUT2D eigenvalue weighted by atomic mass is 9.91. The normalized spacial score (nSPS) is 12.7. The van der Waals surface area contributed by atoms with Gasteiger partial charge >= 0.3 is 0 Å². The summed E-state index contributed by atoms with van der Waals surface area (Å²) in [5, 5.41) is 13.7. The first-order chi connectivity index (χ1) is 16.0. The first-order valence-corrected chi connectivity index (χ1v) is 10.5. The van der Waals surface area contributed by atoms with Gasteiger partial charge in [-0.2, -0.15) is 0 Å². The summed E-state index contributed by atoms with van der Waals surface area (Å²) in [7, 11) is 0. The second kappa shape index (κ2) is 10.0. The zero-order chi connectivity index (χ0) is 23.2. The molecule has 166 valence electrons. The molecular formula is C26H23FN4O2. The van der Waals surface area contributed by atoms with Crippen LogP contribution in [-0.2, 0) is 4.79 Å². The number of rotatable bonds is 8. The number of hydrogen-bond donors (Lipinski definition) is 3. The highest BCUT2D eigenvalue weighted by molar-refractivity contribution is 5.87. The fraction of sp³-hybridized carbons (Fsp3) is 0.115. The van der Waals surface area contributed by atoms with E-state index in [1.54, 1.807) is 42.7 Å². The second-order valence-electron chi connectivity index (χ2n) is 7.57. The minimum Gasteiger partial charge on any atom is -0.387 e. The van der Waals surface area contributed by atoms with Gasteiger partial charge in [0.15, 0.2) is 0 Å². The van der Waals surface area contributed by atoms with E-state index in [9.17, 15) is 14.3 Å². The summed E-state index contributed by atoms with van der Waals surface area (Å²) in [6.45, 7) is 0.0558. The Morgan fingerprint density at radius 3 is 2.48 bits per heavy atom. The van der Waals surface area contributed by atoms with Gasteiger partial charge in [-0.05, 0) is 35.4 Å². The Morgan fingerprint density at radius 1 is 1.00 bits per heavy atom. The van der Waals surface area contributed by atoms with E-state index in [0.29, 0.717) is 28.2 Å². The summed E-state index contributed by atoms with van der Waals surface area (Å²) in [4.78, 5) is 21.3. The number of benzene rings is 2. The van der Waals surface area contributed by atoms with Crippen LogP contribution in [0.15, 0.2) is 91.3 Å². The molecule has 0 bridgehead atoms. The Balaban J connectivity index is 1.72. The topological polar surface area (TPSA) is 101 Å².